The van der Waals surface area contributed by atoms with E-state index in [0.717, 1.165) is 17.7 Å². The Bertz CT molecular complexity index is 794. The van der Waals surface area contributed by atoms with E-state index in [1.165, 1.54) is 36.9 Å². The summed E-state index contributed by atoms with van der Waals surface area (Å²) in [6, 6.07) is 21.7. The molecule has 1 aliphatic heterocycles. The summed E-state index contributed by atoms with van der Waals surface area (Å²) in [7, 11) is 0. The van der Waals surface area contributed by atoms with Gasteiger partial charge in [0.2, 0.25) is 0 Å². The lowest BCUT2D eigenvalue weighted by molar-refractivity contribution is 0.256. The molecule has 1 atom stereocenters. The van der Waals surface area contributed by atoms with Crippen LogP contribution in [0.25, 0.3) is 10.9 Å². The van der Waals surface area contributed by atoms with Gasteiger partial charge in [0.05, 0.1) is 23.4 Å². The van der Waals surface area contributed by atoms with Crippen LogP contribution >= 0.6 is 0 Å². The fourth-order valence-corrected chi connectivity index (χ4v) is 3.57. The second kappa shape index (κ2) is 7.02. The molecule has 2 aromatic carbocycles. The number of nitrogens with one attached hydrogen (secondary N) is 1. The van der Waals surface area contributed by atoms with Gasteiger partial charge in [-0.25, -0.2) is 0 Å². The van der Waals surface area contributed by atoms with Crippen molar-refractivity contribution in [3.05, 3.63) is 72.4 Å². The Balaban J connectivity index is 1.53. The van der Waals surface area contributed by atoms with Crippen molar-refractivity contribution in [3.63, 3.8) is 0 Å². The predicted molar refractivity (Wildman–Crippen MR) is 100 cm³/mol. The van der Waals surface area contributed by atoms with Gasteiger partial charge in [-0.3, -0.25) is 9.88 Å². The zero-order chi connectivity index (χ0) is 16.2. The normalized spacial score (nSPS) is 16.3. The molecular weight excluding hydrogens is 294 g/mol. The highest BCUT2D eigenvalue weighted by Crippen LogP contribution is 2.26. The first-order chi connectivity index (χ1) is 11.9. The van der Waals surface area contributed by atoms with Crippen LogP contribution in [0.2, 0.25) is 0 Å². The van der Waals surface area contributed by atoms with Gasteiger partial charge in [0, 0.05) is 11.9 Å². The first-order valence-electron chi connectivity index (χ1n) is 8.78. The number of para-hydroxylation sites is 1. The molecule has 4 rings (SSSR count). The highest BCUT2D eigenvalue weighted by atomic mass is 15.2. The van der Waals surface area contributed by atoms with Crippen LogP contribution in [0.4, 0.5) is 5.69 Å². The Morgan fingerprint density at radius 2 is 1.71 bits per heavy atom. The molecule has 2 heterocycles. The maximum Gasteiger partial charge on any atom is 0.0703 e. The Morgan fingerprint density at radius 3 is 2.54 bits per heavy atom. The monoisotopic (exact) mass is 317 g/mol. The Kier molecular flexibility index (Phi) is 4.43. The maximum atomic E-state index is 4.55. The van der Waals surface area contributed by atoms with Crippen molar-refractivity contribution in [1.29, 1.82) is 0 Å². The summed E-state index contributed by atoms with van der Waals surface area (Å²) in [6.07, 6.45) is 4.55. The van der Waals surface area contributed by atoms with Gasteiger partial charge in [-0.15, -0.1) is 0 Å². The lowest BCUT2D eigenvalue weighted by atomic mass is 10.1. The summed E-state index contributed by atoms with van der Waals surface area (Å²) in [4.78, 5) is 7.15. The molecule has 3 heteroatoms. The zero-order valence-corrected chi connectivity index (χ0v) is 13.9. The predicted octanol–water partition coefficient (Wildman–Crippen LogP) is 4.48. The summed E-state index contributed by atoms with van der Waals surface area (Å²) in [5.41, 5.74) is 3.52. The molecule has 1 N–H and O–H groups in total. The highest BCUT2D eigenvalue weighted by molar-refractivity contribution is 5.81. The molecule has 1 unspecified atom stereocenters. The van der Waals surface area contributed by atoms with E-state index in [2.05, 4.69) is 69.8 Å². The standard InChI is InChI=1S/C21H23N3/c1-2-8-17(9-3-1)21(24-12-6-7-13-24)16-22-19-14-18-10-4-5-11-20(18)23-15-19/h1-5,8-11,14-15,21-22H,6-7,12-13,16H2. The van der Waals surface area contributed by atoms with E-state index in [9.17, 15) is 0 Å². The minimum Gasteiger partial charge on any atom is -0.382 e. The second-order valence-electron chi connectivity index (χ2n) is 6.47. The molecule has 0 radical (unpaired) electrons. The van der Waals surface area contributed by atoms with Crippen molar-refractivity contribution in [2.75, 3.05) is 25.0 Å². The van der Waals surface area contributed by atoms with Crippen molar-refractivity contribution >= 4 is 16.6 Å². The maximum absolute atomic E-state index is 4.55. The van der Waals surface area contributed by atoms with E-state index in [0.29, 0.717) is 6.04 Å². The quantitative estimate of drug-likeness (QED) is 0.752. The summed E-state index contributed by atoms with van der Waals surface area (Å²) in [6.45, 7) is 3.29. The number of likely N-dealkylation sites (tertiary alicyclic amines) is 1. The van der Waals surface area contributed by atoms with Gasteiger partial charge in [0.1, 0.15) is 0 Å². The molecule has 1 saturated heterocycles. The minimum atomic E-state index is 0.417. The summed E-state index contributed by atoms with van der Waals surface area (Å²) in [5.74, 6) is 0. The summed E-state index contributed by atoms with van der Waals surface area (Å²) < 4.78 is 0. The van der Waals surface area contributed by atoms with Crippen molar-refractivity contribution in [2.45, 2.75) is 18.9 Å². The van der Waals surface area contributed by atoms with Crippen molar-refractivity contribution < 1.29 is 0 Å². The molecule has 0 saturated carbocycles. The molecule has 3 aromatic rings. The van der Waals surface area contributed by atoms with Crippen LogP contribution in [-0.2, 0) is 0 Å². The first kappa shape index (κ1) is 15.2. The fourth-order valence-electron chi connectivity index (χ4n) is 3.57. The number of hydrogen-bond donors (Lipinski definition) is 1. The van der Waals surface area contributed by atoms with E-state index in [-0.39, 0.29) is 0 Å². The zero-order valence-electron chi connectivity index (χ0n) is 13.9. The van der Waals surface area contributed by atoms with E-state index < -0.39 is 0 Å². The van der Waals surface area contributed by atoms with Crippen LogP contribution in [0.15, 0.2) is 66.9 Å². The fraction of sp³-hybridized carbons (Fsp3) is 0.286. The van der Waals surface area contributed by atoms with Crippen LogP contribution in [0.5, 0.6) is 0 Å². The van der Waals surface area contributed by atoms with Crippen LogP contribution in [0.3, 0.4) is 0 Å². The third-order valence-electron chi connectivity index (χ3n) is 4.86. The number of nitrogens with zero attached hydrogens (tertiary/aromatic N) is 2. The Labute approximate surface area is 143 Å². The van der Waals surface area contributed by atoms with Crippen molar-refractivity contribution in [2.24, 2.45) is 0 Å². The third kappa shape index (κ3) is 3.26. The number of benzene rings is 2. The molecule has 0 aliphatic carbocycles. The number of anilines is 1. The van der Waals surface area contributed by atoms with Crippen LogP contribution in [-0.4, -0.2) is 29.5 Å². The van der Waals surface area contributed by atoms with E-state index in [4.69, 9.17) is 0 Å². The molecule has 0 spiro atoms. The highest BCUT2D eigenvalue weighted by Gasteiger charge is 2.23. The van der Waals surface area contributed by atoms with Gasteiger partial charge in [0.25, 0.3) is 0 Å². The molecular formula is C21H23N3. The average molecular weight is 317 g/mol. The van der Waals surface area contributed by atoms with Crippen molar-refractivity contribution in [3.8, 4) is 0 Å². The van der Waals surface area contributed by atoms with Gasteiger partial charge in [0.15, 0.2) is 0 Å². The SMILES string of the molecule is c1ccc(C(CNc2cnc3ccccc3c2)N2CCCC2)cc1. The topological polar surface area (TPSA) is 28.2 Å². The van der Waals surface area contributed by atoms with Crippen LogP contribution in [0, 0.1) is 0 Å². The minimum absolute atomic E-state index is 0.417. The van der Waals surface area contributed by atoms with E-state index in [1.807, 2.05) is 12.3 Å². The summed E-state index contributed by atoms with van der Waals surface area (Å²) in [5, 5.41) is 4.79. The molecule has 122 valence electrons. The van der Waals surface area contributed by atoms with Gasteiger partial charge in [-0.1, -0.05) is 48.5 Å². The largest absolute Gasteiger partial charge is 0.382 e. The van der Waals surface area contributed by atoms with E-state index in [1.54, 1.807) is 0 Å². The van der Waals surface area contributed by atoms with Gasteiger partial charge in [-0.05, 0) is 43.6 Å². The molecule has 1 aliphatic rings. The number of hydrogen-bond acceptors (Lipinski definition) is 3. The van der Waals surface area contributed by atoms with Gasteiger partial charge in [-0.2, -0.15) is 0 Å². The number of fused-ring (bicyclic) bond motifs is 1. The number of aromatic nitrogens is 1. The molecule has 3 nitrogen and oxygen atoms in total. The molecule has 1 fully saturated rings. The van der Waals surface area contributed by atoms with Crippen molar-refractivity contribution in [1.82, 2.24) is 9.88 Å². The van der Waals surface area contributed by atoms with Crippen LogP contribution < -0.4 is 5.32 Å². The average Bonchev–Trinajstić information content (AvgIpc) is 3.17. The van der Waals surface area contributed by atoms with E-state index >= 15 is 0 Å². The van der Waals surface area contributed by atoms with Crippen LogP contribution in [0.1, 0.15) is 24.4 Å². The molecule has 0 bridgehead atoms. The Morgan fingerprint density at radius 1 is 0.958 bits per heavy atom. The lowest BCUT2D eigenvalue weighted by Gasteiger charge is -2.28. The lowest BCUT2D eigenvalue weighted by Crippen LogP contribution is -2.31. The summed E-state index contributed by atoms with van der Waals surface area (Å²) >= 11 is 0. The first-order valence-corrected chi connectivity index (χ1v) is 8.78. The molecule has 24 heavy (non-hydrogen) atoms. The molecule has 0 amide bonds. The Hall–Kier alpha value is -2.39. The third-order valence-corrected chi connectivity index (χ3v) is 4.86. The van der Waals surface area contributed by atoms with Gasteiger partial charge < -0.3 is 5.32 Å². The molecule has 1 aromatic heterocycles. The number of rotatable bonds is 5. The smallest absolute Gasteiger partial charge is 0.0703 e. The number of pyridine rings is 1. The van der Waals surface area contributed by atoms with Gasteiger partial charge >= 0.3 is 0 Å². The second-order valence-corrected chi connectivity index (χ2v) is 6.47.